The van der Waals surface area contributed by atoms with Crippen molar-refractivity contribution in [2.75, 3.05) is 26.2 Å². The summed E-state index contributed by atoms with van der Waals surface area (Å²) in [5.74, 6) is 2.06. The average Bonchev–Trinajstić information content (AvgIpc) is 3.33. The number of likely N-dealkylation sites (tertiary alicyclic amines) is 1. The smallest absolute Gasteiger partial charge is 0.254 e. The summed E-state index contributed by atoms with van der Waals surface area (Å²) in [4.78, 5) is 15.1. The molecule has 1 N–H and O–H groups in total. The van der Waals surface area contributed by atoms with E-state index in [0.29, 0.717) is 11.8 Å². The molecule has 1 atom stereocenters. The van der Waals surface area contributed by atoms with E-state index in [4.69, 9.17) is 0 Å². The van der Waals surface area contributed by atoms with Gasteiger partial charge < -0.3 is 14.8 Å². The van der Waals surface area contributed by atoms with Crippen molar-refractivity contribution >= 4 is 5.91 Å². The number of amides is 1. The van der Waals surface area contributed by atoms with E-state index in [1.54, 1.807) is 6.33 Å². The first-order chi connectivity index (χ1) is 12.2. The van der Waals surface area contributed by atoms with Gasteiger partial charge in [0.25, 0.3) is 5.91 Å². The zero-order chi connectivity index (χ0) is 17.2. The van der Waals surface area contributed by atoms with Gasteiger partial charge in [0.1, 0.15) is 12.2 Å². The molecule has 6 nitrogen and oxygen atoms in total. The molecule has 25 heavy (non-hydrogen) atoms. The van der Waals surface area contributed by atoms with Crippen molar-refractivity contribution in [1.29, 1.82) is 0 Å². The van der Waals surface area contributed by atoms with Crippen LogP contribution < -0.4 is 5.32 Å². The monoisotopic (exact) mass is 339 g/mol. The summed E-state index contributed by atoms with van der Waals surface area (Å²) in [6, 6.07) is 8.14. The maximum atomic E-state index is 13.1. The first kappa shape index (κ1) is 16.3. The fraction of sp³-hybridized carbons (Fsp3) is 0.526. The summed E-state index contributed by atoms with van der Waals surface area (Å²) < 4.78 is 1.99. The van der Waals surface area contributed by atoms with E-state index in [-0.39, 0.29) is 5.91 Å². The van der Waals surface area contributed by atoms with Crippen LogP contribution in [0.3, 0.4) is 0 Å². The Bertz CT molecular complexity index is 742. The third-order valence-electron chi connectivity index (χ3n) is 5.59. The minimum atomic E-state index is 0.180. The molecule has 2 aromatic rings. The molecule has 0 bridgehead atoms. The van der Waals surface area contributed by atoms with Gasteiger partial charge in [-0.3, -0.25) is 4.79 Å². The lowest BCUT2D eigenvalue weighted by Crippen LogP contribution is -2.38. The van der Waals surface area contributed by atoms with Crippen molar-refractivity contribution in [2.45, 2.75) is 31.1 Å². The SMILES string of the molecule is Cn1cnnc1C1CCN(C(=O)c2ccccc2[C@H]2CCNC2)CC1. The maximum absolute atomic E-state index is 13.1. The molecule has 0 aliphatic carbocycles. The second-order valence-electron chi connectivity index (χ2n) is 7.14. The highest BCUT2D eigenvalue weighted by Crippen LogP contribution is 2.30. The van der Waals surface area contributed by atoms with Crippen molar-refractivity contribution in [1.82, 2.24) is 25.0 Å². The molecule has 4 rings (SSSR count). The van der Waals surface area contributed by atoms with Gasteiger partial charge in [-0.1, -0.05) is 18.2 Å². The van der Waals surface area contributed by atoms with E-state index in [9.17, 15) is 4.79 Å². The van der Waals surface area contributed by atoms with Crippen molar-refractivity contribution in [2.24, 2.45) is 7.05 Å². The fourth-order valence-corrected chi connectivity index (χ4v) is 4.14. The molecule has 1 amide bonds. The van der Waals surface area contributed by atoms with E-state index >= 15 is 0 Å². The van der Waals surface area contributed by atoms with E-state index < -0.39 is 0 Å². The van der Waals surface area contributed by atoms with Crippen LogP contribution in [0.15, 0.2) is 30.6 Å². The van der Waals surface area contributed by atoms with Crippen LogP contribution in [-0.2, 0) is 7.05 Å². The van der Waals surface area contributed by atoms with E-state index in [1.165, 1.54) is 5.56 Å². The molecule has 2 fully saturated rings. The van der Waals surface area contributed by atoms with Crippen LogP contribution in [0.25, 0.3) is 0 Å². The molecule has 2 saturated heterocycles. The van der Waals surface area contributed by atoms with Crippen molar-refractivity contribution < 1.29 is 4.79 Å². The number of aryl methyl sites for hydroxylation is 1. The number of hydrogen-bond acceptors (Lipinski definition) is 4. The normalized spacial score (nSPS) is 21.6. The average molecular weight is 339 g/mol. The topological polar surface area (TPSA) is 63.1 Å². The summed E-state index contributed by atoms with van der Waals surface area (Å²) >= 11 is 0. The summed E-state index contributed by atoms with van der Waals surface area (Å²) in [7, 11) is 1.98. The first-order valence-electron chi connectivity index (χ1n) is 9.17. The number of hydrogen-bond donors (Lipinski definition) is 1. The number of carbonyl (C=O) groups is 1. The Kier molecular flexibility index (Phi) is 4.53. The van der Waals surface area contributed by atoms with Gasteiger partial charge in [-0.25, -0.2) is 0 Å². The molecular weight excluding hydrogens is 314 g/mol. The fourth-order valence-electron chi connectivity index (χ4n) is 4.14. The molecule has 132 valence electrons. The minimum Gasteiger partial charge on any atom is -0.339 e. The van der Waals surface area contributed by atoms with Crippen LogP contribution in [0.5, 0.6) is 0 Å². The predicted molar refractivity (Wildman–Crippen MR) is 95.6 cm³/mol. The van der Waals surface area contributed by atoms with Gasteiger partial charge in [0.2, 0.25) is 0 Å². The van der Waals surface area contributed by atoms with Gasteiger partial charge >= 0.3 is 0 Å². The third kappa shape index (κ3) is 3.18. The Labute approximate surface area is 148 Å². The zero-order valence-electron chi connectivity index (χ0n) is 14.7. The molecule has 1 aromatic carbocycles. The van der Waals surface area contributed by atoms with Gasteiger partial charge in [0.15, 0.2) is 0 Å². The lowest BCUT2D eigenvalue weighted by molar-refractivity contribution is 0.0709. The molecule has 2 aliphatic heterocycles. The third-order valence-corrected chi connectivity index (χ3v) is 5.59. The van der Waals surface area contributed by atoms with E-state index in [0.717, 1.165) is 56.8 Å². The Morgan fingerprint density at radius 3 is 2.64 bits per heavy atom. The summed E-state index contributed by atoms with van der Waals surface area (Å²) in [6.45, 7) is 3.58. The lowest BCUT2D eigenvalue weighted by atomic mass is 9.91. The number of piperidine rings is 1. The van der Waals surface area contributed by atoms with Gasteiger partial charge in [-0.2, -0.15) is 0 Å². The molecule has 3 heterocycles. The standard InChI is InChI=1S/C19H25N5O/c1-23-13-21-22-18(23)14-7-10-24(11-8-14)19(25)17-5-3-2-4-16(17)15-6-9-20-12-15/h2-5,13-15,20H,6-12H2,1H3/t15-/m0/s1. The largest absolute Gasteiger partial charge is 0.339 e. The number of benzene rings is 1. The summed E-state index contributed by atoms with van der Waals surface area (Å²) in [6.07, 6.45) is 4.76. The van der Waals surface area contributed by atoms with Gasteiger partial charge in [-0.15, -0.1) is 10.2 Å². The van der Waals surface area contributed by atoms with Crippen LogP contribution in [0.1, 0.15) is 52.8 Å². The van der Waals surface area contributed by atoms with Gasteiger partial charge in [0, 0.05) is 38.2 Å². The maximum Gasteiger partial charge on any atom is 0.254 e. The van der Waals surface area contributed by atoms with Gasteiger partial charge in [-0.05, 0) is 43.4 Å². The Morgan fingerprint density at radius 1 is 1.16 bits per heavy atom. The first-order valence-corrected chi connectivity index (χ1v) is 9.17. The molecule has 0 saturated carbocycles. The zero-order valence-corrected chi connectivity index (χ0v) is 14.7. The van der Waals surface area contributed by atoms with Gasteiger partial charge in [0.05, 0.1) is 0 Å². The molecule has 1 aromatic heterocycles. The molecule has 0 spiro atoms. The van der Waals surface area contributed by atoms with Crippen LogP contribution in [0.4, 0.5) is 0 Å². The Morgan fingerprint density at radius 2 is 1.96 bits per heavy atom. The number of aromatic nitrogens is 3. The summed E-state index contributed by atoms with van der Waals surface area (Å²) in [5.41, 5.74) is 2.08. The van der Waals surface area contributed by atoms with Crippen LogP contribution >= 0.6 is 0 Å². The lowest BCUT2D eigenvalue weighted by Gasteiger charge is -2.32. The van der Waals surface area contributed by atoms with Crippen molar-refractivity contribution in [3.05, 3.63) is 47.5 Å². The number of rotatable bonds is 3. The highest BCUT2D eigenvalue weighted by molar-refractivity contribution is 5.96. The summed E-state index contributed by atoms with van der Waals surface area (Å²) in [5, 5.41) is 11.6. The Balaban J connectivity index is 1.47. The number of carbonyl (C=O) groups excluding carboxylic acids is 1. The highest BCUT2D eigenvalue weighted by atomic mass is 16.2. The highest BCUT2D eigenvalue weighted by Gasteiger charge is 2.29. The minimum absolute atomic E-state index is 0.180. The van der Waals surface area contributed by atoms with E-state index in [1.807, 2.05) is 34.7 Å². The molecular formula is C19H25N5O. The number of nitrogens with one attached hydrogen (secondary N) is 1. The second kappa shape index (κ2) is 6.96. The molecule has 0 unspecified atom stereocenters. The van der Waals surface area contributed by atoms with E-state index in [2.05, 4.69) is 21.6 Å². The molecule has 6 heteroatoms. The number of nitrogens with zero attached hydrogens (tertiary/aromatic N) is 4. The molecule has 2 aliphatic rings. The molecule has 0 radical (unpaired) electrons. The van der Waals surface area contributed by atoms with Crippen molar-refractivity contribution in [3.8, 4) is 0 Å². The Hall–Kier alpha value is -2.21. The quantitative estimate of drug-likeness (QED) is 0.928. The second-order valence-corrected chi connectivity index (χ2v) is 7.14. The van der Waals surface area contributed by atoms with Crippen LogP contribution in [0.2, 0.25) is 0 Å². The van der Waals surface area contributed by atoms with Crippen LogP contribution in [0, 0.1) is 0 Å². The van der Waals surface area contributed by atoms with Crippen molar-refractivity contribution in [3.63, 3.8) is 0 Å². The van der Waals surface area contributed by atoms with Crippen LogP contribution in [-0.4, -0.2) is 51.8 Å². The predicted octanol–water partition coefficient (Wildman–Crippen LogP) is 1.91.